The van der Waals surface area contributed by atoms with Crippen molar-refractivity contribution in [3.05, 3.63) is 41.3 Å². The minimum absolute atomic E-state index is 0.273. The van der Waals surface area contributed by atoms with Crippen molar-refractivity contribution in [2.24, 2.45) is 0 Å². The molecule has 0 saturated carbocycles. The van der Waals surface area contributed by atoms with Crippen LogP contribution in [0.3, 0.4) is 0 Å². The van der Waals surface area contributed by atoms with Crippen LogP contribution in [-0.2, 0) is 9.53 Å². The Labute approximate surface area is 143 Å². The SMILES string of the molecule is CCOC(=O)c1ccsc1NC(=O)C1Oc2ccccc2OC1C. The summed E-state index contributed by atoms with van der Waals surface area (Å²) in [7, 11) is 0. The number of para-hydroxylation sites is 2. The van der Waals surface area contributed by atoms with Gasteiger partial charge >= 0.3 is 5.97 Å². The fourth-order valence-electron chi connectivity index (χ4n) is 2.36. The summed E-state index contributed by atoms with van der Waals surface area (Å²) in [6, 6.07) is 8.81. The molecule has 2 heterocycles. The van der Waals surface area contributed by atoms with Gasteiger partial charge in [0.25, 0.3) is 5.91 Å². The summed E-state index contributed by atoms with van der Waals surface area (Å²) in [5.41, 5.74) is 0.333. The molecule has 1 amide bonds. The standard InChI is InChI=1S/C17H17NO5S/c1-3-21-17(20)11-8-9-24-16(11)18-15(19)14-10(2)22-12-6-4-5-7-13(12)23-14/h4-10,14H,3H2,1-2H3,(H,18,19). The van der Waals surface area contributed by atoms with Gasteiger partial charge in [0, 0.05) is 0 Å². The van der Waals surface area contributed by atoms with Gasteiger partial charge in [0.2, 0.25) is 6.10 Å². The van der Waals surface area contributed by atoms with Crippen molar-refractivity contribution < 1.29 is 23.8 Å². The van der Waals surface area contributed by atoms with Crippen LogP contribution in [-0.4, -0.2) is 30.7 Å². The lowest BCUT2D eigenvalue weighted by Crippen LogP contribution is -2.46. The maximum Gasteiger partial charge on any atom is 0.341 e. The minimum Gasteiger partial charge on any atom is -0.482 e. The average Bonchev–Trinajstić information content (AvgIpc) is 3.02. The lowest BCUT2D eigenvalue weighted by Gasteiger charge is -2.30. The topological polar surface area (TPSA) is 73.9 Å². The first kappa shape index (κ1) is 16.3. The number of nitrogens with one attached hydrogen (secondary N) is 1. The Hall–Kier alpha value is -2.54. The summed E-state index contributed by atoms with van der Waals surface area (Å²) < 4.78 is 16.5. The normalized spacial score (nSPS) is 18.8. The van der Waals surface area contributed by atoms with E-state index >= 15 is 0 Å². The van der Waals surface area contributed by atoms with Gasteiger partial charge in [-0.3, -0.25) is 4.79 Å². The third kappa shape index (κ3) is 3.21. The molecule has 0 bridgehead atoms. The number of hydrogen-bond acceptors (Lipinski definition) is 6. The maximum atomic E-state index is 12.6. The Bertz CT molecular complexity index is 757. The van der Waals surface area contributed by atoms with E-state index in [0.29, 0.717) is 22.1 Å². The number of esters is 1. The highest BCUT2D eigenvalue weighted by atomic mass is 32.1. The van der Waals surface area contributed by atoms with E-state index in [2.05, 4.69) is 5.32 Å². The van der Waals surface area contributed by atoms with E-state index in [4.69, 9.17) is 14.2 Å². The molecule has 0 aliphatic carbocycles. The van der Waals surface area contributed by atoms with Crippen LogP contribution in [0.2, 0.25) is 0 Å². The highest BCUT2D eigenvalue weighted by Gasteiger charge is 2.34. The molecule has 1 aliphatic heterocycles. The first-order chi connectivity index (χ1) is 11.6. The molecule has 0 radical (unpaired) electrons. The van der Waals surface area contributed by atoms with Crippen molar-refractivity contribution in [3.8, 4) is 11.5 Å². The Morgan fingerprint density at radius 1 is 1.21 bits per heavy atom. The molecule has 6 nitrogen and oxygen atoms in total. The highest BCUT2D eigenvalue weighted by Crippen LogP contribution is 2.34. The van der Waals surface area contributed by atoms with E-state index in [9.17, 15) is 9.59 Å². The second-order valence-corrected chi connectivity index (χ2v) is 6.10. The number of carbonyl (C=O) groups excluding carboxylic acids is 2. The summed E-state index contributed by atoms with van der Waals surface area (Å²) in [5, 5.41) is 4.89. The van der Waals surface area contributed by atoms with Gasteiger partial charge in [-0.1, -0.05) is 12.1 Å². The zero-order valence-corrected chi connectivity index (χ0v) is 14.1. The van der Waals surface area contributed by atoms with Crippen molar-refractivity contribution in [2.75, 3.05) is 11.9 Å². The lowest BCUT2D eigenvalue weighted by molar-refractivity contribution is -0.127. The van der Waals surface area contributed by atoms with Gasteiger partial charge < -0.3 is 19.5 Å². The molecule has 2 unspecified atom stereocenters. The molecule has 1 N–H and O–H groups in total. The Balaban J connectivity index is 1.74. The largest absolute Gasteiger partial charge is 0.482 e. The average molecular weight is 347 g/mol. The molecule has 1 aliphatic rings. The number of amides is 1. The fourth-order valence-corrected chi connectivity index (χ4v) is 3.14. The van der Waals surface area contributed by atoms with E-state index < -0.39 is 18.2 Å². The Kier molecular flexibility index (Phi) is 4.71. The van der Waals surface area contributed by atoms with Crippen LogP contribution in [0.15, 0.2) is 35.7 Å². The number of hydrogen-bond donors (Lipinski definition) is 1. The number of thiophene rings is 1. The maximum absolute atomic E-state index is 12.6. The molecule has 2 aromatic rings. The first-order valence-corrected chi connectivity index (χ1v) is 8.46. The van der Waals surface area contributed by atoms with Gasteiger partial charge in [0.1, 0.15) is 11.1 Å². The molecule has 24 heavy (non-hydrogen) atoms. The van der Waals surface area contributed by atoms with Crippen LogP contribution in [0, 0.1) is 0 Å². The number of anilines is 1. The lowest BCUT2D eigenvalue weighted by atomic mass is 10.1. The monoisotopic (exact) mass is 347 g/mol. The molecular formula is C17H17NO5S. The quantitative estimate of drug-likeness (QED) is 0.861. The van der Waals surface area contributed by atoms with Crippen molar-refractivity contribution in [3.63, 3.8) is 0 Å². The third-order valence-electron chi connectivity index (χ3n) is 3.50. The molecule has 1 aromatic carbocycles. The number of carbonyl (C=O) groups is 2. The predicted octanol–water partition coefficient (Wildman–Crippen LogP) is 3.09. The highest BCUT2D eigenvalue weighted by molar-refractivity contribution is 7.14. The molecule has 7 heteroatoms. The Morgan fingerprint density at radius 3 is 2.62 bits per heavy atom. The molecule has 0 spiro atoms. The zero-order valence-electron chi connectivity index (χ0n) is 13.3. The van der Waals surface area contributed by atoms with Crippen LogP contribution in [0.4, 0.5) is 5.00 Å². The van der Waals surface area contributed by atoms with Gasteiger partial charge in [-0.15, -0.1) is 11.3 Å². The van der Waals surface area contributed by atoms with Crippen LogP contribution in [0.1, 0.15) is 24.2 Å². The predicted molar refractivity (Wildman–Crippen MR) is 89.9 cm³/mol. The van der Waals surface area contributed by atoms with Crippen molar-refractivity contribution in [1.29, 1.82) is 0 Å². The smallest absolute Gasteiger partial charge is 0.341 e. The molecule has 0 fully saturated rings. The van der Waals surface area contributed by atoms with E-state index in [-0.39, 0.29) is 12.5 Å². The van der Waals surface area contributed by atoms with Crippen molar-refractivity contribution in [1.82, 2.24) is 0 Å². The van der Waals surface area contributed by atoms with Crippen LogP contribution in [0.25, 0.3) is 0 Å². The summed E-state index contributed by atoms with van der Waals surface area (Å²) in [6.07, 6.45) is -1.26. The Morgan fingerprint density at radius 2 is 1.92 bits per heavy atom. The summed E-state index contributed by atoms with van der Waals surface area (Å²) in [6.45, 7) is 3.77. The van der Waals surface area contributed by atoms with Gasteiger partial charge in [-0.05, 0) is 37.4 Å². The fraction of sp³-hybridized carbons (Fsp3) is 0.294. The first-order valence-electron chi connectivity index (χ1n) is 7.58. The van der Waals surface area contributed by atoms with Gasteiger partial charge in [-0.2, -0.15) is 0 Å². The van der Waals surface area contributed by atoms with Crippen molar-refractivity contribution >= 4 is 28.2 Å². The van der Waals surface area contributed by atoms with E-state index in [1.54, 1.807) is 37.4 Å². The van der Waals surface area contributed by atoms with E-state index in [1.165, 1.54) is 11.3 Å². The third-order valence-corrected chi connectivity index (χ3v) is 4.33. The second-order valence-electron chi connectivity index (χ2n) is 5.18. The van der Waals surface area contributed by atoms with Crippen molar-refractivity contribution in [2.45, 2.75) is 26.1 Å². The molecule has 126 valence electrons. The van der Waals surface area contributed by atoms with Crippen LogP contribution in [0.5, 0.6) is 11.5 Å². The molecule has 0 saturated heterocycles. The number of rotatable bonds is 4. The van der Waals surface area contributed by atoms with Gasteiger partial charge in [-0.25, -0.2) is 4.79 Å². The van der Waals surface area contributed by atoms with E-state index in [0.717, 1.165) is 0 Å². The van der Waals surface area contributed by atoms with Crippen LogP contribution < -0.4 is 14.8 Å². The van der Waals surface area contributed by atoms with Crippen LogP contribution >= 0.6 is 11.3 Å². The van der Waals surface area contributed by atoms with E-state index in [1.807, 2.05) is 12.1 Å². The molecule has 3 rings (SSSR count). The number of ether oxygens (including phenoxy) is 3. The number of fused-ring (bicyclic) bond motifs is 1. The zero-order chi connectivity index (χ0) is 17.1. The summed E-state index contributed by atoms with van der Waals surface area (Å²) in [4.78, 5) is 24.4. The number of benzene rings is 1. The summed E-state index contributed by atoms with van der Waals surface area (Å²) in [5.74, 6) is 0.295. The van der Waals surface area contributed by atoms with Gasteiger partial charge in [0.05, 0.1) is 12.2 Å². The molecule has 2 atom stereocenters. The van der Waals surface area contributed by atoms with Gasteiger partial charge in [0.15, 0.2) is 11.5 Å². The molecular weight excluding hydrogens is 330 g/mol. The molecule has 1 aromatic heterocycles. The second kappa shape index (κ2) is 6.92. The minimum atomic E-state index is -0.808. The summed E-state index contributed by atoms with van der Waals surface area (Å²) >= 11 is 1.25.